The Labute approximate surface area is 154 Å². The minimum atomic E-state index is -9.81. The molecule has 0 fully saturated rings. The highest BCUT2D eigenvalue weighted by Crippen LogP contribution is 3.02. The van der Waals surface area contributed by atoms with Gasteiger partial charge in [-0.15, -0.1) is 0 Å². The fourth-order valence-electron chi connectivity index (χ4n) is 2.33. The molecule has 0 radical (unpaired) electrons. The van der Waals surface area contributed by atoms with Crippen LogP contribution in [0.5, 0.6) is 0 Å². The van der Waals surface area contributed by atoms with Crippen molar-refractivity contribution in [3.8, 4) is 0 Å². The number of rotatable bonds is 3. The zero-order chi connectivity index (χ0) is 21.0. The van der Waals surface area contributed by atoms with Crippen LogP contribution in [-0.4, -0.2) is 20.4 Å². The molecule has 0 aliphatic carbocycles. The van der Waals surface area contributed by atoms with Gasteiger partial charge in [0, 0.05) is 11.4 Å². The molecule has 28 heavy (non-hydrogen) atoms. The first-order chi connectivity index (χ1) is 12.5. The van der Waals surface area contributed by atoms with Crippen molar-refractivity contribution in [3.63, 3.8) is 0 Å². The summed E-state index contributed by atoms with van der Waals surface area (Å²) in [7, 11) is -13.9. The van der Waals surface area contributed by atoms with Gasteiger partial charge in [-0.1, -0.05) is 19.4 Å². The quantitative estimate of drug-likeness (QED) is 0.611. The molecule has 3 N–H and O–H groups in total. The summed E-state index contributed by atoms with van der Waals surface area (Å²) in [5.41, 5.74) is -0.355. The Balaban J connectivity index is 1.75. The van der Waals surface area contributed by atoms with Gasteiger partial charge in [-0.3, -0.25) is 4.79 Å². The van der Waals surface area contributed by atoms with Crippen LogP contribution >= 0.6 is 10.2 Å². The van der Waals surface area contributed by atoms with Crippen molar-refractivity contribution in [2.75, 3.05) is 10.6 Å². The van der Waals surface area contributed by atoms with Gasteiger partial charge in [0.15, 0.2) is 0 Å². The second-order valence-electron chi connectivity index (χ2n) is 5.72. The van der Waals surface area contributed by atoms with Crippen LogP contribution in [0.3, 0.4) is 0 Å². The minimum absolute atomic E-state index is 0.0278. The average molecular weight is 443 g/mol. The van der Waals surface area contributed by atoms with Crippen molar-refractivity contribution in [1.29, 1.82) is 0 Å². The van der Waals surface area contributed by atoms with E-state index in [0.29, 0.717) is 12.1 Å². The third kappa shape index (κ3) is 4.01. The lowest BCUT2D eigenvalue weighted by Gasteiger charge is -2.40. The summed E-state index contributed by atoms with van der Waals surface area (Å²) in [5, 5.41) is 4.33. The number of nitrogens with one attached hydrogen (secondary N) is 3. The number of carbonyl (C=O) groups excluding carboxylic acids is 2. The van der Waals surface area contributed by atoms with E-state index in [4.69, 9.17) is 0 Å². The van der Waals surface area contributed by atoms with Gasteiger partial charge < -0.3 is 10.6 Å². The average Bonchev–Trinajstić information content (AvgIpc) is 2.74. The van der Waals surface area contributed by atoms with Gasteiger partial charge in [0.05, 0.1) is 5.56 Å². The van der Waals surface area contributed by atoms with Crippen molar-refractivity contribution in [2.24, 2.45) is 0 Å². The highest BCUT2D eigenvalue weighted by molar-refractivity contribution is 8.45. The van der Waals surface area contributed by atoms with Crippen molar-refractivity contribution in [3.05, 3.63) is 48.0 Å². The molecule has 1 heterocycles. The first kappa shape index (κ1) is 19.9. The topological polar surface area (TPSA) is 104 Å². The summed E-state index contributed by atoms with van der Waals surface area (Å²) < 4.78 is 88.5. The summed E-state index contributed by atoms with van der Waals surface area (Å²) in [6.45, 7) is 0. The number of carbonyl (C=O) groups is 2. The molecule has 7 nitrogen and oxygen atoms in total. The van der Waals surface area contributed by atoms with Gasteiger partial charge in [0.1, 0.15) is 9.79 Å². The zero-order valence-electron chi connectivity index (χ0n) is 13.4. The Bertz CT molecular complexity index is 1120. The monoisotopic (exact) mass is 443 g/mol. The molecule has 0 saturated heterocycles. The summed E-state index contributed by atoms with van der Waals surface area (Å²) >= 11 is 0. The molecule has 2 aromatic rings. The molecule has 0 atom stereocenters. The van der Waals surface area contributed by atoms with Crippen LogP contribution in [0.2, 0.25) is 0 Å². The fourth-order valence-corrected chi connectivity index (χ4v) is 4.18. The van der Waals surface area contributed by atoms with Gasteiger partial charge in [0.25, 0.3) is 15.9 Å². The van der Waals surface area contributed by atoms with Gasteiger partial charge in [-0.2, -0.15) is 0 Å². The van der Waals surface area contributed by atoms with E-state index in [0.717, 1.165) is 12.1 Å². The predicted octanol–water partition coefficient (Wildman–Crippen LogP) is 4.42. The Morgan fingerprint density at radius 1 is 0.893 bits per heavy atom. The molecule has 0 spiro atoms. The molecule has 14 heteroatoms. The Morgan fingerprint density at radius 2 is 1.43 bits per heavy atom. The zero-order valence-corrected chi connectivity index (χ0v) is 15.0. The molecular formula is C14H10F5N3O4S2. The number of benzene rings is 2. The number of urea groups is 1. The van der Waals surface area contributed by atoms with E-state index in [1.165, 1.54) is 6.07 Å². The molecular weight excluding hydrogens is 433 g/mol. The molecule has 3 rings (SSSR count). The van der Waals surface area contributed by atoms with Gasteiger partial charge in [0.2, 0.25) is 0 Å². The van der Waals surface area contributed by atoms with E-state index in [-0.39, 0.29) is 34.0 Å². The number of hydrogen-bond acceptors (Lipinski definition) is 4. The highest BCUT2D eigenvalue weighted by atomic mass is 32.5. The molecule has 1 aliphatic heterocycles. The number of hydrogen-bond donors (Lipinski definition) is 3. The van der Waals surface area contributed by atoms with Crippen LogP contribution in [0, 0.1) is 0 Å². The van der Waals surface area contributed by atoms with Crippen LogP contribution < -0.4 is 15.4 Å². The predicted molar refractivity (Wildman–Crippen MR) is 91.6 cm³/mol. The smallest absolute Gasteiger partial charge is 0.308 e. The van der Waals surface area contributed by atoms with Gasteiger partial charge >= 0.3 is 16.3 Å². The molecule has 0 saturated carbocycles. The summed E-state index contributed by atoms with van der Waals surface area (Å²) in [6, 6.07) is 3.98. The summed E-state index contributed by atoms with van der Waals surface area (Å²) in [5.74, 6) is -0.824. The largest absolute Gasteiger partial charge is 0.323 e. The van der Waals surface area contributed by atoms with E-state index in [9.17, 15) is 37.4 Å². The lowest BCUT2D eigenvalue weighted by atomic mass is 10.2. The standard InChI is InChI=1S/C14H10F5N3O4S2/c15-28(16,17,18,19)10-4-1-8(2-5-10)20-14(24)21-9-3-6-11-12(7-9)27(25,26)22-13(11)23/h1-7H,(H,22,23)(H2,20,21,24). The van der Waals surface area contributed by atoms with Crippen LogP contribution in [0.25, 0.3) is 0 Å². The molecule has 2 aromatic carbocycles. The minimum Gasteiger partial charge on any atom is -0.308 e. The van der Waals surface area contributed by atoms with Crippen molar-refractivity contribution in [2.45, 2.75) is 9.79 Å². The lowest BCUT2D eigenvalue weighted by molar-refractivity contribution is 0.0985. The fraction of sp³-hybridized carbons (Fsp3) is 0. The molecule has 0 aromatic heterocycles. The Kier molecular flexibility index (Phi) is 3.80. The highest BCUT2D eigenvalue weighted by Gasteiger charge is 2.65. The number of sulfonamides is 1. The lowest BCUT2D eigenvalue weighted by Crippen LogP contribution is -2.21. The maximum absolute atomic E-state index is 12.7. The number of anilines is 2. The van der Waals surface area contributed by atoms with Crippen molar-refractivity contribution >= 4 is 43.6 Å². The van der Waals surface area contributed by atoms with Crippen LogP contribution in [-0.2, 0) is 10.0 Å². The van der Waals surface area contributed by atoms with Crippen molar-refractivity contribution < 1.29 is 37.4 Å². The number of amides is 3. The molecule has 3 amide bonds. The summed E-state index contributed by atoms with van der Waals surface area (Å²) in [6.07, 6.45) is 0. The maximum Gasteiger partial charge on any atom is 0.323 e. The van der Waals surface area contributed by atoms with Gasteiger partial charge in [-0.05, 0) is 42.5 Å². The third-order valence-corrected chi connectivity index (χ3v) is 6.09. The Morgan fingerprint density at radius 3 is 2.00 bits per heavy atom. The first-order valence-corrected chi connectivity index (χ1v) is 10.6. The molecule has 0 bridgehead atoms. The number of halogens is 5. The SMILES string of the molecule is O=C(Nc1ccc(S(F)(F)(F)(F)F)cc1)Nc1ccc2c(c1)S(=O)(=O)NC2=O. The molecule has 152 valence electrons. The van der Waals surface area contributed by atoms with Gasteiger partial charge in [-0.25, -0.2) is 17.9 Å². The van der Waals surface area contributed by atoms with Crippen LogP contribution in [0.1, 0.15) is 10.4 Å². The first-order valence-electron chi connectivity index (χ1n) is 7.18. The van der Waals surface area contributed by atoms with Crippen LogP contribution in [0.15, 0.2) is 52.3 Å². The second kappa shape index (κ2) is 5.35. The summed E-state index contributed by atoms with van der Waals surface area (Å²) in [4.78, 5) is 20.9. The molecule has 0 unspecified atom stereocenters. The van der Waals surface area contributed by atoms with E-state index in [2.05, 4.69) is 10.6 Å². The normalized spacial score (nSPS) is 17.7. The number of fused-ring (bicyclic) bond motifs is 1. The van der Waals surface area contributed by atoms with E-state index < -0.39 is 37.1 Å². The van der Waals surface area contributed by atoms with E-state index in [1.807, 2.05) is 0 Å². The van der Waals surface area contributed by atoms with Crippen molar-refractivity contribution in [1.82, 2.24) is 4.72 Å². The van der Waals surface area contributed by atoms with E-state index in [1.54, 1.807) is 4.72 Å². The second-order valence-corrected chi connectivity index (χ2v) is 9.78. The van der Waals surface area contributed by atoms with Crippen LogP contribution in [0.4, 0.5) is 35.6 Å². The maximum atomic E-state index is 12.7. The third-order valence-electron chi connectivity index (χ3n) is 3.56. The molecule has 1 aliphatic rings. The Hall–Kier alpha value is -2.87. The van der Waals surface area contributed by atoms with E-state index >= 15 is 0 Å².